The summed E-state index contributed by atoms with van der Waals surface area (Å²) in [6, 6.07) is 5.37. The maximum absolute atomic E-state index is 13.2. The van der Waals surface area contributed by atoms with Crippen LogP contribution in [0.25, 0.3) is 0 Å². The zero-order valence-corrected chi connectivity index (χ0v) is 12.8. The third kappa shape index (κ3) is 3.89. The average molecular weight is 310 g/mol. The first-order chi connectivity index (χ1) is 9.79. The fourth-order valence-electron chi connectivity index (χ4n) is 1.55. The molecule has 4 nitrogen and oxygen atoms in total. The van der Waals surface area contributed by atoms with Gasteiger partial charge in [-0.15, -0.1) is 0 Å². The lowest BCUT2D eigenvalue weighted by atomic mass is 9.96. The van der Waals surface area contributed by atoms with Crippen LogP contribution in [0, 0.1) is 11.6 Å². The van der Waals surface area contributed by atoms with Gasteiger partial charge in [0, 0.05) is 16.4 Å². The smallest absolute Gasteiger partial charge is 0.159 e. The molecule has 0 fully saturated rings. The molecule has 0 saturated heterocycles. The Labute approximate surface area is 126 Å². The lowest BCUT2D eigenvalue weighted by molar-refractivity contribution is 0.506. The molecule has 3 N–H and O–H groups in total. The first-order valence-electron chi connectivity index (χ1n) is 6.28. The highest BCUT2D eigenvalue weighted by Crippen LogP contribution is 2.30. The van der Waals surface area contributed by atoms with Gasteiger partial charge in [-0.2, -0.15) is 0 Å². The highest BCUT2D eigenvalue weighted by atomic mass is 32.2. The van der Waals surface area contributed by atoms with Crippen LogP contribution in [-0.4, -0.2) is 9.97 Å². The minimum atomic E-state index is -0.887. The molecule has 7 heteroatoms. The quantitative estimate of drug-likeness (QED) is 0.516. The van der Waals surface area contributed by atoms with E-state index < -0.39 is 11.6 Å². The van der Waals surface area contributed by atoms with E-state index >= 15 is 0 Å². The molecule has 0 aliphatic heterocycles. The molecule has 0 aliphatic rings. The summed E-state index contributed by atoms with van der Waals surface area (Å²) >= 11 is 1.22. The predicted octanol–water partition coefficient (Wildman–Crippen LogP) is 3.49. The molecule has 1 aromatic heterocycles. The standard InChI is InChI=1S/C14H16F2N4S/c1-14(2,3)13-18-11(20-17)7-12(19-13)21-8-4-5-9(15)10(16)6-8/h4-7H,17H2,1-3H3,(H,18,19,20). The fraction of sp³-hybridized carbons (Fsp3) is 0.286. The Morgan fingerprint density at radius 3 is 2.38 bits per heavy atom. The first kappa shape index (κ1) is 15.7. The monoisotopic (exact) mass is 310 g/mol. The van der Waals surface area contributed by atoms with E-state index in [0.29, 0.717) is 21.6 Å². The van der Waals surface area contributed by atoms with Gasteiger partial charge in [-0.05, 0) is 18.2 Å². The second-order valence-electron chi connectivity index (χ2n) is 5.49. The van der Waals surface area contributed by atoms with Gasteiger partial charge < -0.3 is 5.43 Å². The Morgan fingerprint density at radius 1 is 1.10 bits per heavy atom. The van der Waals surface area contributed by atoms with Crippen LogP contribution >= 0.6 is 11.8 Å². The fourth-order valence-corrected chi connectivity index (χ4v) is 2.39. The normalized spacial score (nSPS) is 11.5. The number of hydrazine groups is 1. The van der Waals surface area contributed by atoms with Crippen LogP contribution in [0.15, 0.2) is 34.2 Å². The number of hydrogen-bond donors (Lipinski definition) is 2. The van der Waals surface area contributed by atoms with E-state index in [0.717, 1.165) is 12.1 Å². The van der Waals surface area contributed by atoms with Crippen molar-refractivity contribution in [2.45, 2.75) is 36.1 Å². The van der Waals surface area contributed by atoms with Crippen molar-refractivity contribution in [3.63, 3.8) is 0 Å². The van der Waals surface area contributed by atoms with Crippen molar-refractivity contribution in [2.75, 3.05) is 5.43 Å². The Morgan fingerprint density at radius 2 is 1.81 bits per heavy atom. The molecule has 0 atom stereocenters. The molecule has 0 unspecified atom stereocenters. The van der Waals surface area contributed by atoms with Crippen molar-refractivity contribution in [1.82, 2.24) is 9.97 Å². The van der Waals surface area contributed by atoms with Crippen molar-refractivity contribution < 1.29 is 8.78 Å². The van der Waals surface area contributed by atoms with Gasteiger partial charge >= 0.3 is 0 Å². The summed E-state index contributed by atoms with van der Waals surface area (Å²) in [4.78, 5) is 9.29. The van der Waals surface area contributed by atoms with Gasteiger partial charge in [0.25, 0.3) is 0 Å². The van der Waals surface area contributed by atoms with Gasteiger partial charge in [-0.25, -0.2) is 24.6 Å². The summed E-state index contributed by atoms with van der Waals surface area (Å²) in [7, 11) is 0. The van der Waals surface area contributed by atoms with E-state index in [1.807, 2.05) is 20.8 Å². The van der Waals surface area contributed by atoms with Gasteiger partial charge in [0.2, 0.25) is 0 Å². The highest BCUT2D eigenvalue weighted by Gasteiger charge is 2.19. The van der Waals surface area contributed by atoms with Crippen LogP contribution in [0.4, 0.5) is 14.6 Å². The van der Waals surface area contributed by atoms with E-state index in [2.05, 4.69) is 15.4 Å². The van der Waals surface area contributed by atoms with Gasteiger partial charge in [-0.1, -0.05) is 32.5 Å². The van der Waals surface area contributed by atoms with E-state index in [1.54, 1.807) is 6.07 Å². The average Bonchev–Trinajstić information content (AvgIpc) is 2.41. The number of benzene rings is 1. The van der Waals surface area contributed by atoms with E-state index in [-0.39, 0.29) is 5.41 Å². The maximum Gasteiger partial charge on any atom is 0.159 e. The predicted molar refractivity (Wildman–Crippen MR) is 79.0 cm³/mol. The highest BCUT2D eigenvalue weighted by molar-refractivity contribution is 7.99. The van der Waals surface area contributed by atoms with Crippen LogP contribution in [0.3, 0.4) is 0 Å². The maximum atomic E-state index is 13.2. The van der Waals surface area contributed by atoms with Crippen LogP contribution < -0.4 is 11.3 Å². The number of nitrogens with two attached hydrogens (primary N) is 1. The molecule has 0 radical (unpaired) electrons. The number of rotatable bonds is 3. The lowest BCUT2D eigenvalue weighted by Crippen LogP contribution is -2.19. The zero-order chi connectivity index (χ0) is 15.6. The Bertz CT molecular complexity index is 656. The Kier molecular flexibility index (Phi) is 4.43. The number of nitrogens with zero attached hydrogens (tertiary/aromatic N) is 2. The molecule has 1 heterocycles. The van der Waals surface area contributed by atoms with Crippen molar-refractivity contribution in [2.24, 2.45) is 5.84 Å². The third-order valence-corrected chi connectivity index (χ3v) is 3.54. The molecule has 21 heavy (non-hydrogen) atoms. The number of nitrogen functional groups attached to an aromatic ring is 1. The van der Waals surface area contributed by atoms with Crippen LogP contribution in [0.5, 0.6) is 0 Å². The summed E-state index contributed by atoms with van der Waals surface area (Å²) in [6.07, 6.45) is 0. The summed E-state index contributed by atoms with van der Waals surface area (Å²) in [5.74, 6) is 4.74. The lowest BCUT2D eigenvalue weighted by Gasteiger charge is -2.18. The second-order valence-corrected chi connectivity index (χ2v) is 6.58. The van der Waals surface area contributed by atoms with Crippen molar-refractivity contribution >= 4 is 17.6 Å². The van der Waals surface area contributed by atoms with Crippen molar-refractivity contribution in [1.29, 1.82) is 0 Å². The topological polar surface area (TPSA) is 63.8 Å². The second kappa shape index (κ2) is 5.95. The van der Waals surface area contributed by atoms with Crippen molar-refractivity contribution in [3.8, 4) is 0 Å². The third-order valence-electron chi connectivity index (χ3n) is 2.63. The molecule has 0 spiro atoms. The molecule has 112 valence electrons. The summed E-state index contributed by atoms with van der Waals surface area (Å²) in [6.45, 7) is 5.94. The van der Waals surface area contributed by atoms with Gasteiger partial charge in [0.05, 0.1) is 0 Å². The number of aromatic nitrogens is 2. The molecule has 0 saturated carbocycles. The minimum absolute atomic E-state index is 0.254. The summed E-state index contributed by atoms with van der Waals surface area (Å²) in [5, 5.41) is 0.605. The molecular formula is C14H16F2N4S. The minimum Gasteiger partial charge on any atom is -0.308 e. The van der Waals surface area contributed by atoms with Gasteiger partial charge in [0.15, 0.2) is 11.6 Å². The van der Waals surface area contributed by atoms with Gasteiger partial charge in [-0.3, -0.25) is 0 Å². The summed E-state index contributed by atoms with van der Waals surface area (Å²) < 4.78 is 26.2. The van der Waals surface area contributed by atoms with E-state index in [1.165, 1.54) is 17.8 Å². The van der Waals surface area contributed by atoms with E-state index in [4.69, 9.17) is 5.84 Å². The number of hydrogen-bond acceptors (Lipinski definition) is 5. The Hall–Kier alpha value is -1.73. The van der Waals surface area contributed by atoms with Gasteiger partial charge in [0.1, 0.15) is 16.7 Å². The van der Waals surface area contributed by atoms with Crippen LogP contribution in [0.2, 0.25) is 0 Å². The number of halogens is 2. The summed E-state index contributed by atoms with van der Waals surface area (Å²) in [5.41, 5.74) is 2.23. The van der Waals surface area contributed by atoms with Crippen molar-refractivity contribution in [3.05, 3.63) is 41.7 Å². The molecule has 2 rings (SSSR count). The van der Waals surface area contributed by atoms with Crippen LogP contribution in [-0.2, 0) is 5.41 Å². The molecule has 1 aromatic carbocycles. The zero-order valence-electron chi connectivity index (χ0n) is 11.9. The molecule has 0 bridgehead atoms. The SMILES string of the molecule is CC(C)(C)c1nc(NN)cc(Sc2ccc(F)c(F)c2)n1. The molecular weight excluding hydrogens is 294 g/mol. The van der Waals surface area contributed by atoms with E-state index in [9.17, 15) is 8.78 Å². The Balaban J connectivity index is 2.36. The molecule has 2 aromatic rings. The van der Waals surface area contributed by atoms with Crippen LogP contribution in [0.1, 0.15) is 26.6 Å². The number of anilines is 1. The first-order valence-corrected chi connectivity index (χ1v) is 7.10. The number of nitrogens with one attached hydrogen (secondary N) is 1. The molecule has 0 aliphatic carbocycles. The molecule has 0 amide bonds. The largest absolute Gasteiger partial charge is 0.308 e.